The lowest BCUT2D eigenvalue weighted by Gasteiger charge is -2.25. The standard InChI is InChI=1S/C30H29NO6/c1-3-18-36-24-16-12-21(13-17-24)27(32)25-26(20-8-6-5-7-9-20)31(29(34)28(25)33)23-14-10-22(11-15-23)30(35)37-19-4-2/h5-17,26,32H,3-4,18-19H2,1-2H3/b27-25+. The van der Waals surface area contributed by atoms with Crippen LogP contribution in [0.3, 0.4) is 0 Å². The topological polar surface area (TPSA) is 93.1 Å². The lowest BCUT2D eigenvalue weighted by molar-refractivity contribution is -0.132. The molecule has 4 rings (SSSR count). The number of nitrogens with zero attached hydrogens (tertiary/aromatic N) is 1. The summed E-state index contributed by atoms with van der Waals surface area (Å²) in [5.74, 6) is -1.63. The number of Topliss-reactive ketones (excluding diaryl/α,β-unsaturated/α-hetero) is 1. The Morgan fingerprint density at radius 1 is 0.838 bits per heavy atom. The molecule has 0 bridgehead atoms. The Kier molecular flexibility index (Phi) is 8.03. The third kappa shape index (κ3) is 5.40. The molecule has 7 nitrogen and oxygen atoms in total. The predicted molar refractivity (Wildman–Crippen MR) is 140 cm³/mol. The molecule has 7 heteroatoms. The van der Waals surface area contributed by atoms with E-state index in [2.05, 4.69) is 0 Å². The first-order valence-corrected chi connectivity index (χ1v) is 12.3. The van der Waals surface area contributed by atoms with Crippen molar-refractivity contribution in [2.45, 2.75) is 32.7 Å². The van der Waals surface area contributed by atoms with Gasteiger partial charge >= 0.3 is 5.97 Å². The minimum absolute atomic E-state index is 0.00939. The second kappa shape index (κ2) is 11.6. The van der Waals surface area contributed by atoms with Crippen molar-refractivity contribution in [2.24, 2.45) is 0 Å². The van der Waals surface area contributed by atoms with Crippen LogP contribution in [0.5, 0.6) is 5.75 Å². The molecule has 1 atom stereocenters. The number of rotatable bonds is 9. The van der Waals surface area contributed by atoms with Gasteiger partial charge in [-0.05, 0) is 66.9 Å². The number of ketones is 1. The maximum Gasteiger partial charge on any atom is 0.338 e. The van der Waals surface area contributed by atoms with Gasteiger partial charge in [-0.2, -0.15) is 0 Å². The van der Waals surface area contributed by atoms with Crippen LogP contribution in [-0.2, 0) is 14.3 Å². The summed E-state index contributed by atoms with van der Waals surface area (Å²) in [4.78, 5) is 40.1. The monoisotopic (exact) mass is 499 g/mol. The quantitative estimate of drug-likeness (QED) is 0.177. The molecule has 190 valence electrons. The summed E-state index contributed by atoms with van der Waals surface area (Å²) in [5.41, 5.74) is 1.82. The summed E-state index contributed by atoms with van der Waals surface area (Å²) in [7, 11) is 0. The van der Waals surface area contributed by atoms with E-state index in [0.29, 0.717) is 47.8 Å². The van der Waals surface area contributed by atoms with Crippen molar-refractivity contribution in [2.75, 3.05) is 18.1 Å². The molecule has 3 aromatic carbocycles. The van der Waals surface area contributed by atoms with Gasteiger partial charge in [-0.15, -0.1) is 0 Å². The Morgan fingerprint density at radius 3 is 2.08 bits per heavy atom. The van der Waals surface area contributed by atoms with E-state index in [0.717, 1.165) is 6.42 Å². The normalized spacial score (nSPS) is 16.6. The summed E-state index contributed by atoms with van der Waals surface area (Å²) in [6, 6.07) is 21.3. The van der Waals surface area contributed by atoms with Gasteiger partial charge in [0.15, 0.2) is 0 Å². The van der Waals surface area contributed by atoms with Crippen LogP contribution in [0.4, 0.5) is 5.69 Å². The average molecular weight is 500 g/mol. The number of ether oxygens (including phenoxy) is 2. The number of amides is 1. The first kappa shape index (κ1) is 25.7. The molecule has 0 radical (unpaired) electrons. The fraction of sp³-hybridized carbons (Fsp3) is 0.233. The summed E-state index contributed by atoms with van der Waals surface area (Å²) in [6.07, 6.45) is 1.57. The Labute approximate surface area is 215 Å². The number of benzene rings is 3. The molecule has 1 unspecified atom stereocenters. The second-order valence-corrected chi connectivity index (χ2v) is 8.64. The zero-order valence-electron chi connectivity index (χ0n) is 20.8. The highest BCUT2D eigenvalue weighted by Gasteiger charge is 2.46. The molecule has 1 heterocycles. The third-order valence-electron chi connectivity index (χ3n) is 5.98. The summed E-state index contributed by atoms with van der Waals surface area (Å²) in [5, 5.41) is 11.2. The van der Waals surface area contributed by atoms with Crippen LogP contribution in [0.25, 0.3) is 5.76 Å². The lowest BCUT2D eigenvalue weighted by Crippen LogP contribution is -2.29. The fourth-order valence-electron chi connectivity index (χ4n) is 4.17. The van der Waals surface area contributed by atoms with E-state index in [1.807, 2.05) is 32.0 Å². The van der Waals surface area contributed by atoms with Crippen molar-refractivity contribution >= 4 is 29.1 Å². The SMILES string of the molecule is CCCOC(=O)c1ccc(N2C(=O)C(=O)/C(=C(/O)c3ccc(OCCC)cc3)C2c2ccccc2)cc1. The molecule has 0 aromatic heterocycles. The maximum absolute atomic E-state index is 13.3. The van der Waals surface area contributed by atoms with Gasteiger partial charge in [0.2, 0.25) is 0 Å². The Balaban J connectivity index is 1.75. The lowest BCUT2D eigenvalue weighted by atomic mass is 9.95. The highest BCUT2D eigenvalue weighted by Crippen LogP contribution is 2.42. The smallest absolute Gasteiger partial charge is 0.338 e. The largest absolute Gasteiger partial charge is 0.507 e. The highest BCUT2D eigenvalue weighted by molar-refractivity contribution is 6.51. The predicted octanol–water partition coefficient (Wildman–Crippen LogP) is 5.67. The highest BCUT2D eigenvalue weighted by atomic mass is 16.5. The van der Waals surface area contributed by atoms with Crippen LogP contribution in [0, 0.1) is 0 Å². The van der Waals surface area contributed by atoms with Gasteiger partial charge in [0.1, 0.15) is 11.5 Å². The van der Waals surface area contributed by atoms with Crippen LogP contribution in [0.15, 0.2) is 84.4 Å². The van der Waals surface area contributed by atoms with Gasteiger partial charge in [-0.3, -0.25) is 14.5 Å². The number of hydrogen-bond donors (Lipinski definition) is 1. The van der Waals surface area contributed by atoms with Gasteiger partial charge in [-0.1, -0.05) is 44.2 Å². The first-order valence-electron chi connectivity index (χ1n) is 12.3. The number of aliphatic hydroxyl groups is 1. The van der Waals surface area contributed by atoms with Crippen molar-refractivity contribution < 1.29 is 29.0 Å². The summed E-state index contributed by atoms with van der Waals surface area (Å²) >= 11 is 0. The van der Waals surface area contributed by atoms with Crippen LogP contribution in [0.2, 0.25) is 0 Å². The van der Waals surface area contributed by atoms with Crippen molar-refractivity contribution in [3.8, 4) is 5.75 Å². The fourth-order valence-corrected chi connectivity index (χ4v) is 4.17. The van der Waals surface area contributed by atoms with Crippen LogP contribution in [-0.4, -0.2) is 36.0 Å². The molecule has 1 aliphatic heterocycles. The van der Waals surface area contributed by atoms with E-state index < -0.39 is 23.7 Å². The van der Waals surface area contributed by atoms with Crippen LogP contribution < -0.4 is 9.64 Å². The zero-order valence-corrected chi connectivity index (χ0v) is 20.8. The molecule has 3 aromatic rings. The van der Waals surface area contributed by atoms with Crippen LogP contribution in [0.1, 0.15) is 54.2 Å². The average Bonchev–Trinajstić information content (AvgIpc) is 3.21. The Morgan fingerprint density at radius 2 is 1.46 bits per heavy atom. The van der Waals surface area contributed by atoms with Crippen molar-refractivity contribution in [3.63, 3.8) is 0 Å². The number of esters is 1. The Hall–Kier alpha value is -4.39. The van der Waals surface area contributed by atoms with E-state index in [1.54, 1.807) is 60.7 Å². The number of carbonyl (C=O) groups is 3. The molecular weight excluding hydrogens is 470 g/mol. The van der Waals surface area contributed by atoms with Crippen molar-refractivity contribution in [3.05, 3.63) is 101 Å². The van der Waals surface area contributed by atoms with Gasteiger partial charge in [0.05, 0.1) is 30.4 Å². The molecule has 1 saturated heterocycles. The second-order valence-electron chi connectivity index (χ2n) is 8.64. The molecule has 37 heavy (non-hydrogen) atoms. The number of aliphatic hydroxyl groups excluding tert-OH is 1. The maximum atomic E-state index is 13.3. The number of carbonyl (C=O) groups excluding carboxylic acids is 3. The van der Waals surface area contributed by atoms with Crippen molar-refractivity contribution in [1.29, 1.82) is 0 Å². The molecule has 1 aliphatic rings. The number of hydrogen-bond acceptors (Lipinski definition) is 6. The zero-order chi connectivity index (χ0) is 26.4. The summed E-state index contributed by atoms with van der Waals surface area (Å²) in [6.45, 7) is 4.80. The van der Waals surface area contributed by atoms with E-state index in [9.17, 15) is 19.5 Å². The van der Waals surface area contributed by atoms with Gasteiger partial charge in [0.25, 0.3) is 11.7 Å². The van der Waals surface area contributed by atoms with Gasteiger partial charge in [-0.25, -0.2) is 4.79 Å². The van der Waals surface area contributed by atoms with E-state index >= 15 is 0 Å². The molecule has 0 saturated carbocycles. The molecule has 1 fully saturated rings. The van der Waals surface area contributed by atoms with Gasteiger partial charge in [0, 0.05) is 11.3 Å². The van der Waals surface area contributed by atoms with E-state index in [1.165, 1.54) is 4.90 Å². The molecule has 0 spiro atoms. The minimum atomic E-state index is -0.852. The van der Waals surface area contributed by atoms with E-state index in [-0.39, 0.29) is 11.3 Å². The molecular formula is C30H29NO6. The molecule has 1 N–H and O–H groups in total. The number of anilines is 1. The van der Waals surface area contributed by atoms with Gasteiger partial charge < -0.3 is 14.6 Å². The Bertz CT molecular complexity index is 1300. The minimum Gasteiger partial charge on any atom is -0.507 e. The third-order valence-corrected chi connectivity index (χ3v) is 5.98. The van der Waals surface area contributed by atoms with E-state index in [4.69, 9.17) is 9.47 Å². The first-order chi connectivity index (χ1) is 18.0. The van der Waals surface area contributed by atoms with Crippen LogP contribution >= 0.6 is 0 Å². The molecule has 1 amide bonds. The summed E-state index contributed by atoms with van der Waals surface area (Å²) < 4.78 is 10.8. The van der Waals surface area contributed by atoms with Crippen molar-refractivity contribution in [1.82, 2.24) is 0 Å². The molecule has 0 aliphatic carbocycles.